The Morgan fingerprint density at radius 1 is 0.939 bits per heavy atom. The van der Waals surface area contributed by atoms with Gasteiger partial charge in [-0.05, 0) is 48.0 Å². The molecule has 8 heteroatoms. The molecule has 0 atom stereocenters. The predicted octanol–water partition coefficient (Wildman–Crippen LogP) is 7.85. The molecular weight excluding hydrogens is 500 g/mol. The molecule has 0 unspecified atom stereocenters. The summed E-state index contributed by atoms with van der Waals surface area (Å²) >= 11 is 24.1. The lowest BCUT2D eigenvalue weighted by Crippen LogP contribution is -2.13. The van der Waals surface area contributed by atoms with Crippen LogP contribution >= 0.6 is 46.4 Å². The average Bonchev–Trinajstić information content (AvgIpc) is 3.14. The van der Waals surface area contributed by atoms with E-state index in [1.807, 2.05) is 53.2 Å². The smallest absolute Gasteiger partial charge is 0.266 e. The van der Waals surface area contributed by atoms with E-state index in [4.69, 9.17) is 46.4 Å². The molecule has 4 aromatic rings. The van der Waals surface area contributed by atoms with Gasteiger partial charge in [0.25, 0.3) is 5.91 Å². The second kappa shape index (κ2) is 9.91. The number of rotatable bonds is 5. The van der Waals surface area contributed by atoms with Gasteiger partial charge in [0.2, 0.25) is 0 Å². The van der Waals surface area contributed by atoms with Crippen molar-refractivity contribution in [1.29, 1.82) is 5.26 Å². The molecule has 1 N–H and O–H groups in total. The van der Waals surface area contributed by atoms with E-state index in [-0.39, 0.29) is 5.57 Å². The molecule has 0 saturated heterocycles. The Kier molecular flexibility index (Phi) is 6.97. The first kappa shape index (κ1) is 23.2. The second-order valence-corrected chi connectivity index (χ2v) is 8.86. The number of carbonyl (C=O) groups excluding carboxylic acids is 1. The van der Waals surface area contributed by atoms with Crippen LogP contribution in [0.4, 0.5) is 5.69 Å². The standard InChI is InChI=1S/C25H15Cl4N3O/c26-20-7-5-15(9-22(20)28)13-32-14-17(19-3-1-2-4-24(19)32)10-16(12-30)25(33)31-18-6-8-21(27)23(29)11-18/h1-11,14H,13H2,(H,31,33)/b16-10+. The molecular formula is C25H15Cl4N3O. The predicted molar refractivity (Wildman–Crippen MR) is 136 cm³/mol. The lowest BCUT2D eigenvalue weighted by molar-refractivity contribution is -0.112. The Bertz CT molecular complexity index is 1450. The van der Waals surface area contributed by atoms with Crippen molar-refractivity contribution in [3.8, 4) is 6.07 Å². The van der Waals surface area contributed by atoms with E-state index >= 15 is 0 Å². The number of para-hydroxylation sites is 1. The van der Waals surface area contributed by atoms with Gasteiger partial charge in [0.15, 0.2) is 0 Å². The number of nitrogens with one attached hydrogen (secondary N) is 1. The Labute approximate surface area is 210 Å². The molecule has 4 rings (SSSR count). The van der Waals surface area contributed by atoms with Crippen molar-refractivity contribution in [3.63, 3.8) is 0 Å². The van der Waals surface area contributed by atoms with E-state index in [1.54, 1.807) is 24.3 Å². The Balaban J connectivity index is 1.67. The average molecular weight is 515 g/mol. The molecule has 4 nitrogen and oxygen atoms in total. The molecule has 0 bridgehead atoms. The van der Waals surface area contributed by atoms with Crippen LogP contribution in [0.25, 0.3) is 17.0 Å². The van der Waals surface area contributed by atoms with Crippen LogP contribution in [0.1, 0.15) is 11.1 Å². The molecule has 0 fully saturated rings. The van der Waals surface area contributed by atoms with Crippen LogP contribution in [-0.2, 0) is 11.3 Å². The summed E-state index contributed by atoms with van der Waals surface area (Å²) < 4.78 is 2.03. The second-order valence-electron chi connectivity index (χ2n) is 7.23. The van der Waals surface area contributed by atoms with Crippen molar-refractivity contribution >= 4 is 75.0 Å². The summed E-state index contributed by atoms with van der Waals surface area (Å²) in [6.45, 7) is 0.544. The van der Waals surface area contributed by atoms with Crippen molar-refractivity contribution in [1.82, 2.24) is 4.57 Å². The Morgan fingerprint density at radius 3 is 2.33 bits per heavy atom. The van der Waals surface area contributed by atoms with Gasteiger partial charge >= 0.3 is 0 Å². The number of nitrogens with zero attached hydrogens (tertiary/aromatic N) is 2. The summed E-state index contributed by atoms with van der Waals surface area (Å²) in [7, 11) is 0. The number of nitriles is 1. The highest BCUT2D eigenvalue weighted by molar-refractivity contribution is 6.42. The molecule has 0 spiro atoms. The summed E-state index contributed by atoms with van der Waals surface area (Å²) in [6, 6.07) is 19.9. The van der Waals surface area contributed by atoms with Crippen LogP contribution in [0, 0.1) is 11.3 Å². The number of halogens is 4. The van der Waals surface area contributed by atoms with Gasteiger partial charge in [-0.2, -0.15) is 5.26 Å². The summed E-state index contributed by atoms with van der Waals surface area (Å²) in [5.41, 5.74) is 3.07. The van der Waals surface area contributed by atoms with Gasteiger partial charge in [-0.15, -0.1) is 0 Å². The van der Waals surface area contributed by atoms with Crippen LogP contribution < -0.4 is 5.32 Å². The molecule has 1 amide bonds. The maximum absolute atomic E-state index is 12.7. The SMILES string of the molecule is N#C/C(=C\c1cn(Cc2ccc(Cl)c(Cl)c2)c2ccccc12)C(=O)Nc1ccc(Cl)c(Cl)c1. The number of hydrogen-bond acceptors (Lipinski definition) is 2. The molecule has 0 aliphatic carbocycles. The maximum Gasteiger partial charge on any atom is 0.266 e. The zero-order valence-electron chi connectivity index (χ0n) is 16.9. The Hall–Kier alpha value is -2.94. The lowest BCUT2D eigenvalue weighted by atomic mass is 10.1. The molecule has 33 heavy (non-hydrogen) atoms. The number of benzene rings is 3. The van der Waals surface area contributed by atoms with Gasteiger partial charge in [-0.1, -0.05) is 70.7 Å². The first-order valence-electron chi connectivity index (χ1n) is 9.75. The third kappa shape index (κ3) is 5.19. The highest BCUT2D eigenvalue weighted by atomic mass is 35.5. The number of aromatic nitrogens is 1. The number of anilines is 1. The summed E-state index contributed by atoms with van der Waals surface area (Å²) in [5, 5.41) is 14.9. The maximum atomic E-state index is 12.7. The molecule has 0 radical (unpaired) electrons. The van der Waals surface area contributed by atoms with E-state index in [9.17, 15) is 10.1 Å². The molecule has 1 heterocycles. The van der Waals surface area contributed by atoms with Crippen molar-refractivity contribution in [2.24, 2.45) is 0 Å². The topological polar surface area (TPSA) is 57.8 Å². The molecule has 0 aliphatic rings. The van der Waals surface area contributed by atoms with E-state index in [0.717, 1.165) is 22.0 Å². The fourth-order valence-corrected chi connectivity index (χ4v) is 4.05. The van der Waals surface area contributed by atoms with Crippen molar-refractivity contribution < 1.29 is 4.79 Å². The summed E-state index contributed by atoms with van der Waals surface area (Å²) in [4.78, 5) is 12.7. The van der Waals surface area contributed by atoms with E-state index < -0.39 is 5.91 Å². The van der Waals surface area contributed by atoms with Gasteiger partial charge in [0, 0.05) is 34.9 Å². The van der Waals surface area contributed by atoms with Gasteiger partial charge < -0.3 is 9.88 Å². The van der Waals surface area contributed by atoms with Crippen LogP contribution in [0.5, 0.6) is 0 Å². The highest BCUT2D eigenvalue weighted by Gasteiger charge is 2.14. The van der Waals surface area contributed by atoms with Gasteiger partial charge in [-0.25, -0.2) is 0 Å². The number of carbonyl (C=O) groups is 1. The number of hydrogen-bond donors (Lipinski definition) is 1. The summed E-state index contributed by atoms with van der Waals surface area (Å²) in [5.74, 6) is -0.544. The lowest BCUT2D eigenvalue weighted by Gasteiger charge is -2.07. The van der Waals surface area contributed by atoms with Gasteiger partial charge in [-0.3, -0.25) is 4.79 Å². The quantitative estimate of drug-likeness (QED) is 0.218. The van der Waals surface area contributed by atoms with E-state index in [0.29, 0.717) is 32.3 Å². The monoisotopic (exact) mass is 513 g/mol. The number of fused-ring (bicyclic) bond motifs is 1. The first-order valence-corrected chi connectivity index (χ1v) is 11.3. The van der Waals surface area contributed by atoms with Gasteiger partial charge in [0.05, 0.1) is 20.1 Å². The molecule has 164 valence electrons. The first-order chi connectivity index (χ1) is 15.9. The van der Waals surface area contributed by atoms with Crippen molar-refractivity contribution in [2.75, 3.05) is 5.32 Å². The van der Waals surface area contributed by atoms with Crippen LogP contribution in [0.3, 0.4) is 0 Å². The molecule has 0 aliphatic heterocycles. The number of amides is 1. The molecule has 3 aromatic carbocycles. The normalized spacial score (nSPS) is 11.4. The Morgan fingerprint density at radius 2 is 1.64 bits per heavy atom. The molecule has 0 saturated carbocycles. The van der Waals surface area contributed by atoms with Crippen LogP contribution in [-0.4, -0.2) is 10.5 Å². The minimum Gasteiger partial charge on any atom is -0.342 e. The van der Waals surface area contributed by atoms with Crippen molar-refractivity contribution in [3.05, 3.63) is 104 Å². The summed E-state index contributed by atoms with van der Waals surface area (Å²) in [6.07, 6.45) is 3.47. The third-order valence-electron chi connectivity index (χ3n) is 5.00. The van der Waals surface area contributed by atoms with Crippen molar-refractivity contribution in [2.45, 2.75) is 6.54 Å². The fraction of sp³-hybridized carbons (Fsp3) is 0.0400. The molecule has 1 aromatic heterocycles. The fourth-order valence-electron chi connectivity index (χ4n) is 3.43. The largest absolute Gasteiger partial charge is 0.342 e. The minimum atomic E-state index is -0.544. The zero-order valence-corrected chi connectivity index (χ0v) is 20.0. The van der Waals surface area contributed by atoms with Gasteiger partial charge in [0.1, 0.15) is 11.6 Å². The van der Waals surface area contributed by atoms with Crippen LogP contribution in [0.2, 0.25) is 20.1 Å². The zero-order chi connectivity index (χ0) is 23.5. The van der Waals surface area contributed by atoms with E-state index in [1.165, 1.54) is 6.07 Å². The minimum absolute atomic E-state index is 0.0430. The van der Waals surface area contributed by atoms with E-state index in [2.05, 4.69) is 5.32 Å². The van der Waals surface area contributed by atoms with Crippen LogP contribution in [0.15, 0.2) is 72.4 Å². The highest BCUT2D eigenvalue weighted by Crippen LogP contribution is 2.28. The third-order valence-corrected chi connectivity index (χ3v) is 6.48.